The van der Waals surface area contributed by atoms with Gasteiger partial charge in [-0.3, -0.25) is 14.6 Å². The van der Waals surface area contributed by atoms with Crippen LogP contribution in [0.5, 0.6) is 5.75 Å². The summed E-state index contributed by atoms with van der Waals surface area (Å²) in [6.07, 6.45) is 0. The number of halogens is 1. The summed E-state index contributed by atoms with van der Waals surface area (Å²) in [5.74, 6) is 0.385. The van der Waals surface area contributed by atoms with Gasteiger partial charge >= 0.3 is 0 Å². The molecule has 1 aliphatic rings. The number of ether oxygens (including phenoxy) is 1. The van der Waals surface area contributed by atoms with Crippen LogP contribution in [0.4, 0.5) is 10.1 Å². The molecule has 4 rings (SSSR count). The number of benzene rings is 2. The number of nitrogens with one attached hydrogen (secondary N) is 1. The van der Waals surface area contributed by atoms with E-state index in [2.05, 4.69) is 20.2 Å². The summed E-state index contributed by atoms with van der Waals surface area (Å²) < 4.78 is 20.9. The van der Waals surface area contributed by atoms with Crippen molar-refractivity contribution >= 4 is 11.6 Å². The van der Waals surface area contributed by atoms with E-state index in [4.69, 9.17) is 4.74 Å². The lowest BCUT2D eigenvalue weighted by Crippen LogP contribution is -2.48. The number of methoxy groups -OCH3 is 1. The number of hydrogen-bond acceptors (Lipinski definition) is 5. The van der Waals surface area contributed by atoms with Gasteiger partial charge in [-0.2, -0.15) is 5.10 Å². The van der Waals surface area contributed by atoms with Crippen molar-refractivity contribution in [2.45, 2.75) is 20.4 Å². The molecule has 1 aromatic heterocycles. The van der Waals surface area contributed by atoms with E-state index in [1.165, 1.54) is 12.1 Å². The number of rotatable bonds is 7. The van der Waals surface area contributed by atoms with Crippen molar-refractivity contribution in [1.82, 2.24) is 19.6 Å². The molecule has 0 atom stereocenters. The quantitative estimate of drug-likeness (QED) is 0.597. The van der Waals surface area contributed by atoms with Crippen molar-refractivity contribution in [2.75, 3.05) is 45.2 Å². The summed E-state index contributed by atoms with van der Waals surface area (Å²) >= 11 is 0. The molecule has 2 heterocycles. The Balaban J connectivity index is 1.31. The van der Waals surface area contributed by atoms with Crippen molar-refractivity contribution < 1.29 is 13.9 Å². The highest BCUT2D eigenvalue weighted by Gasteiger charge is 2.22. The molecule has 174 valence electrons. The van der Waals surface area contributed by atoms with Gasteiger partial charge in [-0.1, -0.05) is 18.2 Å². The maximum Gasteiger partial charge on any atom is 0.238 e. The number of anilines is 1. The molecule has 0 aliphatic carbocycles. The minimum Gasteiger partial charge on any atom is -0.496 e. The highest BCUT2D eigenvalue weighted by atomic mass is 19.1. The van der Waals surface area contributed by atoms with E-state index in [0.29, 0.717) is 18.8 Å². The maximum atomic E-state index is 13.6. The van der Waals surface area contributed by atoms with Crippen LogP contribution in [-0.2, 0) is 11.3 Å². The number of carbonyl (C=O) groups is 1. The van der Waals surface area contributed by atoms with Gasteiger partial charge in [0.25, 0.3) is 0 Å². The van der Waals surface area contributed by atoms with Crippen LogP contribution in [0.1, 0.15) is 17.0 Å². The normalized spacial score (nSPS) is 14.9. The van der Waals surface area contributed by atoms with Crippen molar-refractivity contribution in [2.24, 2.45) is 0 Å². The fourth-order valence-electron chi connectivity index (χ4n) is 4.24. The predicted molar refractivity (Wildman–Crippen MR) is 126 cm³/mol. The third kappa shape index (κ3) is 5.40. The second kappa shape index (κ2) is 10.1. The van der Waals surface area contributed by atoms with E-state index >= 15 is 0 Å². The summed E-state index contributed by atoms with van der Waals surface area (Å²) in [7, 11) is 1.60. The van der Waals surface area contributed by atoms with Crippen LogP contribution in [0.2, 0.25) is 0 Å². The summed E-state index contributed by atoms with van der Waals surface area (Å²) in [5, 5.41) is 7.65. The van der Waals surface area contributed by atoms with E-state index in [1.807, 2.05) is 48.9 Å². The number of carbonyl (C=O) groups excluding carboxylic acids is 1. The first-order valence-electron chi connectivity index (χ1n) is 11.1. The lowest BCUT2D eigenvalue weighted by Gasteiger charge is -2.34. The Morgan fingerprint density at radius 3 is 2.45 bits per heavy atom. The molecule has 0 saturated carbocycles. The van der Waals surface area contributed by atoms with Crippen molar-refractivity contribution in [1.29, 1.82) is 0 Å². The van der Waals surface area contributed by atoms with Crippen LogP contribution < -0.4 is 10.1 Å². The Kier molecular flexibility index (Phi) is 7.05. The number of aryl methyl sites for hydroxylation is 1. The fraction of sp³-hybridized carbons (Fsp3) is 0.360. The van der Waals surface area contributed by atoms with E-state index in [-0.39, 0.29) is 11.7 Å². The van der Waals surface area contributed by atoms with Crippen LogP contribution in [0.3, 0.4) is 0 Å². The molecule has 0 unspecified atom stereocenters. The van der Waals surface area contributed by atoms with E-state index in [1.54, 1.807) is 13.2 Å². The van der Waals surface area contributed by atoms with Gasteiger partial charge in [0.2, 0.25) is 5.91 Å². The molecule has 0 spiro atoms. The van der Waals surface area contributed by atoms with Gasteiger partial charge in [0, 0.05) is 38.3 Å². The standard InChI is InChI=1S/C25H30FN5O2/c1-18-25(19(2)31(28-18)22-7-5-4-6-8-22)27-24(32)17-30-13-11-29(12-14-30)16-20-15-21(26)9-10-23(20)33-3/h4-10,15H,11-14,16-17H2,1-3H3,(H,27,32). The van der Waals surface area contributed by atoms with Crippen molar-refractivity contribution in [3.63, 3.8) is 0 Å². The zero-order valence-corrected chi connectivity index (χ0v) is 19.3. The summed E-state index contributed by atoms with van der Waals surface area (Å²) in [6, 6.07) is 14.5. The Bertz CT molecular complexity index is 1110. The Labute approximate surface area is 193 Å². The fourth-order valence-corrected chi connectivity index (χ4v) is 4.24. The summed E-state index contributed by atoms with van der Waals surface area (Å²) in [6.45, 7) is 7.96. The highest BCUT2D eigenvalue weighted by molar-refractivity contribution is 5.93. The molecule has 1 fully saturated rings. The molecule has 3 aromatic rings. The molecule has 1 saturated heterocycles. The largest absolute Gasteiger partial charge is 0.496 e. The topological polar surface area (TPSA) is 62.6 Å². The monoisotopic (exact) mass is 451 g/mol. The SMILES string of the molecule is COc1ccc(F)cc1CN1CCN(CC(=O)Nc2c(C)nn(-c3ccccc3)c2C)CC1. The van der Waals surface area contributed by atoms with E-state index in [9.17, 15) is 9.18 Å². The molecular formula is C25H30FN5O2. The molecular weight excluding hydrogens is 421 g/mol. The molecule has 0 bridgehead atoms. The minimum atomic E-state index is -0.262. The minimum absolute atomic E-state index is 0.0472. The lowest BCUT2D eigenvalue weighted by atomic mass is 10.1. The third-order valence-electron chi connectivity index (χ3n) is 6.03. The Hall–Kier alpha value is -3.23. The van der Waals surface area contributed by atoms with Gasteiger partial charge < -0.3 is 10.1 Å². The average molecular weight is 452 g/mol. The zero-order chi connectivity index (χ0) is 23.4. The van der Waals surface area contributed by atoms with Crippen molar-refractivity contribution in [3.05, 3.63) is 71.3 Å². The van der Waals surface area contributed by atoms with Crippen LogP contribution in [0.15, 0.2) is 48.5 Å². The first-order chi connectivity index (χ1) is 15.9. The molecule has 7 nitrogen and oxygen atoms in total. The Morgan fingerprint density at radius 1 is 1.06 bits per heavy atom. The molecule has 1 N–H and O–H groups in total. The second-order valence-corrected chi connectivity index (χ2v) is 8.35. The predicted octanol–water partition coefficient (Wildman–Crippen LogP) is 3.39. The molecule has 33 heavy (non-hydrogen) atoms. The lowest BCUT2D eigenvalue weighted by molar-refractivity contribution is -0.117. The molecule has 1 aliphatic heterocycles. The number of nitrogens with zero attached hydrogens (tertiary/aromatic N) is 4. The van der Waals surface area contributed by atoms with Crippen LogP contribution in [0, 0.1) is 19.7 Å². The van der Waals surface area contributed by atoms with Crippen LogP contribution >= 0.6 is 0 Å². The summed E-state index contributed by atoms with van der Waals surface area (Å²) in [5.41, 5.74) is 4.26. The number of piperazine rings is 1. The zero-order valence-electron chi connectivity index (χ0n) is 19.3. The maximum absolute atomic E-state index is 13.6. The first-order valence-corrected chi connectivity index (χ1v) is 11.1. The average Bonchev–Trinajstić information content (AvgIpc) is 3.09. The number of para-hydroxylation sites is 1. The molecule has 2 aromatic carbocycles. The first kappa shape index (κ1) is 22.9. The molecule has 1 amide bonds. The van der Waals surface area contributed by atoms with Gasteiger partial charge in [-0.15, -0.1) is 0 Å². The Morgan fingerprint density at radius 2 is 1.76 bits per heavy atom. The number of amides is 1. The van der Waals surface area contributed by atoms with Crippen LogP contribution in [-0.4, -0.2) is 65.3 Å². The van der Waals surface area contributed by atoms with Gasteiger partial charge in [-0.05, 0) is 44.2 Å². The molecule has 8 heteroatoms. The summed E-state index contributed by atoms with van der Waals surface area (Å²) in [4.78, 5) is 17.2. The van der Waals surface area contributed by atoms with Gasteiger partial charge in [0.1, 0.15) is 11.6 Å². The van der Waals surface area contributed by atoms with Crippen molar-refractivity contribution in [3.8, 4) is 11.4 Å². The van der Waals surface area contributed by atoms with Gasteiger partial charge in [0.05, 0.1) is 36.4 Å². The highest BCUT2D eigenvalue weighted by Crippen LogP contribution is 2.23. The van der Waals surface area contributed by atoms with Gasteiger partial charge in [0.15, 0.2) is 0 Å². The van der Waals surface area contributed by atoms with E-state index in [0.717, 1.165) is 54.5 Å². The molecule has 0 radical (unpaired) electrons. The third-order valence-corrected chi connectivity index (χ3v) is 6.03. The van der Waals surface area contributed by atoms with E-state index < -0.39 is 0 Å². The van der Waals surface area contributed by atoms with Crippen LogP contribution in [0.25, 0.3) is 5.69 Å². The second-order valence-electron chi connectivity index (χ2n) is 8.35. The smallest absolute Gasteiger partial charge is 0.238 e. The number of aromatic nitrogens is 2. The van der Waals surface area contributed by atoms with Gasteiger partial charge in [-0.25, -0.2) is 9.07 Å². The number of hydrogen-bond donors (Lipinski definition) is 1.